The van der Waals surface area contributed by atoms with Gasteiger partial charge in [0.2, 0.25) is 0 Å². The average Bonchev–Trinajstić information content (AvgIpc) is 3.51. The fourth-order valence-corrected chi connectivity index (χ4v) is 3.99. The smallest absolute Gasteiger partial charge is 0.265 e. The van der Waals surface area contributed by atoms with Crippen LogP contribution in [0.1, 0.15) is 32.9 Å². The van der Waals surface area contributed by atoms with E-state index in [1.54, 1.807) is 53.9 Å². The van der Waals surface area contributed by atoms with Gasteiger partial charge in [-0.05, 0) is 66.8 Å². The molecule has 3 amide bonds. The highest BCUT2D eigenvalue weighted by Crippen LogP contribution is 2.25. The van der Waals surface area contributed by atoms with E-state index in [9.17, 15) is 14.4 Å². The second-order valence-electron chi connectivity index (χ2n) is 7.15. The van der Waals surface area contributed by atoms with Gasteiger partial charge in [0.15, 0.2) is 0 Å². The van der Waals surface area contributed by atoms with Crippen LogP contribution in [-0.4, -0.2) is 30.4 Å². The first kappa shape index (κ1) is 22.0. The van der Waals surface area contributed by atoms with Crippen molar-refractivity contribution in [2.75, 3.05) is 22.6 Å². The third-order valence-corrected chi connectivity index (χ3v) is 6.05. The molecule has 164 valence electrons. The molecule has 9 heteroatoms. The van der Waals surface area contributed by atoms with Crippen molar-refractivity contribution >= 4 is 57.7 Å². The van der Waals surface area contributed by atoms with Crippen LogP contribution in [0.4, 0.5) is 17.1 Å². The largest absolute Gasteiger partial charge is 0.368 e. The van der Waals surface area contributed by atoms with Gasteiger partial charge in [-0.1, -0.05) is 17.7 Å². The number of amides is 3. The molecule has 1 atom stereocenters. The van der Waals surface area contributed by atoms with Crippen LogP contribution in [0.3, 0.4) is 0 Å². The van der Waals surface area contributed by atoms with Crippen LogP contribution in [0.15, 0.2) is 60.0 Å². The van der Waals surface area contributed by atoms with Crippen LogP contribution in [0.5, 0.6) is 0 Å². The van der Waals surface area contributed by atoms with E-state index >= 15 is 0 Å². The molecule has 1 aromatic heterocycles. The molecule has 3 N–H and O–H groups in total. The van der Waals surface area contributed by atoms with Crippen LogP contribution in [-0.2, 0) is 9.53 Å². The Morgan fingerprint density at radius 1 is 0.938 bits per heavy atom. The zero-order chi connectivity index (χ0) is 22.5. The third-order valence-electron chi connectivity index (χ3n) is 4.85. The van der Waals surface area contributed by atoms with E-state index in [0.29, 0.717) is 39.1 Å². The Morgan fingerprint density at radius 3 is 2.34 bits per heavy atom. The molecule has 0 saturated carbocycles. The molecule has 4 rings (SSSR count). The second kappa shape index (κ2) is 9.95. The number of nitrogens with one attached hydrogen (secondary N) is 3. The Kier molecular flexibility index (Phi) is 6.84. The highest BCUT2D eigenvalue weighted by atomic mass is 35.5. The number of anilines is 3. The van der Waals surface area contributed by atoms with Gasteiger partial charge >= 0.3 is 0 Å². The Morgan fingerprint density at radius 2 is 1.69 bits per heavy atom. The molecule has 2 heterocycles. The molecule has 0 bridgehead atoms. The maximum Gasteiger partial charge on any atom is 0.265 e. The first-order valence-electron chi connectivity index (χ1n) is 9.98. The molecular weight excluding hydrogens is 450 g/mol. The lowest BCUT2D eigenvalue weighted by molar-refractivity contribution is -0.124. The molecule has 0 radical (unpaired) electrons. The van der Waals surface area contributed by atoms with Crippen molar-refractivity contribution in [3.05, 3.63) is 75.4 Å². The van der Waals surface area contributed by atoms with Gasteiger partial charge in [0.05, 0.1) is 15.6 Å². The van der Waals surface area contributed by atoms with Crippen molar-refractivity contribution in [1.29, 1.82) is 0 Å². The Labute approximate surface area is 193 Å². The summed E-state index contributed by atoms with van der Waals surface area (Å²) in [5, 5.41) is 10.5. The van der Waals surface area contributed by atoms with E-state index in [4.69, 9.17) is 16.3 Å². The van der Waals surface area contributed by atoms with Crippen LogP contribution in [0, 0.1) is 0 Å². The van der Waals surface area contributed by atoms with E-state index in [2.05, 4.69) is 16.0 Å². The maximum atomic E-state index is 12.7. The summed E-state index contributed by atoms with van der Waals surface area (Å²) in [5.41, 5.74) is 1.87. The van der Waals surface area contributed by atoms with Crippen LogP contribution < -0.4 is 16.0 Å². The zero-order valence-electron chi connectivity index (χ0n) is 16.9. The quantitative estimate of drug-likeness (QED) is 0.472. The molecule has 1 unspecified atom stereocenters. The molecule has 2 aromatic carbocycles. The summed E-state index contributed by atoms with van der Waals surface area (Å²) < 4.78 is 5.37. The monoisotopic (exact) mass is 469 g/mol. The van der Waals surface area contributed by atoms with Crippen LogP contribution >= 0.6 is 22.9 Å². The molecule has 32 heavy (non-hydrogen) atoms. The van der Waals surface area contributed by atoms with Gasteiger partial charge in [-0.25, -0.2) is 0 Å². The van der Waals surface area contributed by atoms with E-state index in [-0.39, 0.29) is 17.7 Å². The Hall–Kier alpha value is -3.20. The van der Waals surface area contributed by atoms with Crippen molar-refractivity contribution in [3.8, 4) is 0 Å². The number of benzene rings is 2. The highest BCUT2D eigenvalue weighted by molar-refractivity contribution is 7.12. The summed E-state index contributed by atoms with van der Waals surface area (Å²) in [4.78, 5) is 37.6. The first-order valence-corrected chi connectivity index (χ1v) is 11.2. The fourth-order valence-electron chi connectivity index (χ4n) is 3.20. The number of rotatable bonds is 6. The minimum atomic E-state index is -0.409. The van der Waals surface area contributed by atoms with E-state index < -0.39 is 6.10 Å². The SMILES string of the molecule is O=C(Nc1ccc(NC(=O)C2CCCO2)cc1)c1ccc(Cl)c(NC(=O)c2cccs2)c1. The van der Waals surface area contributed by atoms with E-state index in [0.717, 1.165) is 12.8 Å². The average molecular weight is 470 g/mol. The predicted octanol–water partition coefficient (Wildman–Crippen LogP) is 5.02. The van der Waals surface area contributed by atoms with Gasteiger partial charge in [0.25, 0.3) is 17.7 Å². The topological polar surface area (TPSA) is 96.5 Å². The summed E-state index contributed by atoms with van der Waals surface area (Å²) in [6.07, 6.45) is 1.19. The number of hydrogen-bond donors (Lipinski definition) is 3. The zero-order valence-corrected chi connectivity index (χ0v) is 18.5. The van der Waals surface area contributed by atoms with Crippen molar-refractivity contribution in [2.45, 2.75) is 18.9 Å². The van der Waals surface area contributed by atoms with Gasteiger partial charge < -0.3 is 20.7 Å². The fraction of sp³-hybridized carbons (Fsp3) is 0.174. The minimum absolute atomic E-state index is 0.169. The standard InChI is InChI=1S/C23H20ClN3O4S/c24-17-10-5-14(13-18(17)27-23(30)20-4-2-12-32-20)21(28)25-15-6-8-16(9-7-15)26-22(29)19-3-1-11-31-19/h2,4-10,12-13,19H,1,3,11H2,(H,25,28)(H,26,29)(H,27,30). The van der Waals surface area contributed by atoms with Crippen LogP contribution in [0.2, 0.25) is 5.02 Å². The number of carbonyl (C=O) groups excluding carboxylic acids is 3. The lowest BCUT2D eigenvalue weighted by Crippen LogP contribution is -2.26. The first-order chi connectivity index (χ1) is 15.5. The molecule has 1 saturated heterocycles. The Bertz CT molecular complexity index is 1130. The molecule has 1 fully saturated rings. The normalized spacial score (nSPS) is 15.2. The van der Waals surface area contributed by atoms with Crippen molar-refractivity contribution in [1.82, 2.24) is 0 Å². The van der Waals surface area contributed by atoms with E-state index in [1.807, 2.05) is 0 Å². The Balaban J connectivity index is 1.39. The van der Waals surface area contributed by atoms with Gasteiger partial charge in [-0.2, -0.15) is 0 Å². The van der Waals surface area contributed by atoms with Crippen molar-refractivity contribution in [2.24, 2.45) is 0 Å². The van der Waals surface area contributed by atoms with Crippen molar-refractivity contribution in [3.63, 3.8) is 0 Å². The lowest BCUT2D eigenvalue weighted by Gasteiger charge is -2.12. The lowest BCUT2D eigenvalue weighted by atomic mass is 10.1. The maximum absolute atomic E-state index is 12.7. The van der Waals surface area contributed by atoms with Gasteiger partial charge in [0.1, 0.15) is 6.10 Å². The summed E-state index contributed by atoms with van der Waals surface area (Å²) in [6, 6.07) is 14.9. The molecule has 7 nitrogen and oxygen atoms in total. The second-order valence-corrected chi connectivity index (χ2v) is 8.50. The van der Waals surface area contributed by atoms with Gasteiger partial charge in [0, 0.05) is 23.5 Å². The molecule has 1 aliphatic rings. The molecule has 0 spiro atoms. The van der Waals surface area contributed by atoms with Crippen LogP contribution in [0.25, 0.3) is 0 Å². The van der Waals surface area contributed by atoms with Crippen molar-refractivity contribution < 1.29 is 19.1 Å². The van der Waals surface area contributed by atoms with E-state index in [1.165, 1.54) is 17.4 Å². The predicted molar refractivity (Wildman–Crippen MR) is 126 cm³/mol. The summed E-state index contributed by atoms with van der Waals surface area (Å²) in [7, 11) is 0. The number of hydrogen-bond acceptors (Lipinski definition) is 5. The van der Waals surface area contributed by atoms with Gasteiger partial charge in [-0.15, -0.1) is 11.3 Å². The molecule has 1 aliphatic heterocycles. The third kappa shape index (κ3) is 5.34. The highest BCUT2D eigenvalue weighted by Gasteiger charge is 2.23. The number of halogens is 1. The summed E-state index contributed by atoms with van der Waals surface area (Å²) in [5.74, 6) is -0.817. The molecular formula is C23H20ClN3O4S. The number of carbonyl (C=O) groups is 3. The summed E-state index contributed by atoms with van der Waals surface area (Å²) >= 11 is 7.50. The van der Waals surface area contributed by atoms with Gasteiger partial charge in [-0.3, -0.25) is 14.4 Å². The summed E-state index contributed by atoms with van der Waals surface area (Å²) in [6.45, 7) is 0.604. The number of thiophene rings is 1. The molecule has 0 aliphatic carbocycles. The molecule has 3 aromatic rings. The minimum Gasteiger partial charge on any atom is -0.368 e. The number of ether oxygens (including phenoxy) is 1.